The first-order chi connectivity index (χ1) is 9.02. The van der Waals surface area contributed by atoms with E-state index >= 15 is 0 Å². The zero-order valence-corrected chi connectivity index (χ0v) is 11.8. The summed E-state index contributed by atoms with van der Waals surface area (Å²) in [5.41, 5.74) is 8.24. The van der Waals surface area contributed by atoms with Crippen molar-refractivity contribution in [3.63, 3.8) is 0 Å². The lowest BCUT2D eigenvalue weighted by molar-refractivity contribution is 0.0601. The summed E-state index contributed by atoms with van der Waals surface area (Å²) < 4.78 is 4.70. The number of nitrogens with two attached hydrogens (primary N) is 1. The summed E-state index contributed by atoms with van der Waals surface area (Å²) in [4.78, 5) is 13.8. The minimum absolute atomic E-state index is 0.348. The Hall–Kier alpha value is -1.71. The second-order valence-electron chi connectivity index (χ2n) is 5.45. The molecule has 0 amide bonds. The van der Waals surface area contributed by atoms with E-state index in [0.29, 0.717) is 17.2 Å². The molecule has 104 valence electrons. The normalized spacial score (nSPS) is 23.2. The fraction of sp³-hybridized carbons (Fsp3) is 0.533. The highest BCUT2D eigenvalue weighted by Crippen LogP contribution is 2.31. The number of methoxy groups -OCH3 is 1. The molecule has 1 aliphatic heterocycles. The van der Waals surface area contributed by atoms with Crippen molar-refractivity contribution in [3.05, 3.63) is 23.8 Å². The second kappa shape index (κ2) is 5.51. The van der Waals surface area contributed by atoms with Crippen molar-refractivity contribution >= 4 is 17.3 Å². The van der Waals surface area contributed by atoms with Crippen LogP contribution in [0.25, 0.3) is 0 Å². The van der Waals surface area contributed by atoms with E-state index in [4.69, 9.17) is 10.5 Å². The quantitative estimate of drug-likeness (QED) is 0.657. The molecule has 1 aromatic rings. The van der Waals surface area contributed by atoms with Crippen LogP contribution in [-0.2, 0) is 4.74 Å². The number of carbonyl (C=O) groups excluding carboxylic acids is 1. The SMILES string of the molecule is COC(=O)c1ccc(N2CCC(C)C(C)C2)c(N)c1. The summed E-state index contributed by atoms with van der Waals surface area (Å²) in [6, 6.07) is 5.40. The maximum Gasteiger partial charge on any atom is 0.337 e. The van der Waals surface area contributed by atoms with E-state index in [9.17, 15) is 4.79 Å². The zero-order valence-electron chi connectivity index (χ0n) is 11.8. The van der Waals surface area contributed by atoms with Gasteiger partial charge in [0, 0.05) is 13.1 Å². The van der Waals surface area contributed by atoms with Gasteiger partial charge in [-0.15, -0.1) is 0 Å². The molecule has 1 fully saturated rings. The molecule has 2 unspecified atom stereocenters. The number of nitrogens with zero attached hydrogens (tertiary/aromatic N) is 1. The summed E-state index contributed by atoms with van der Waals surface area (Å²) in [6.45, 7) is 6.61. The Kier molecular flexibility index (Phi) is 3.98. The van der Waals surface area contributed by atoms with Crippen LogP contribution in [0.5, 0.6) is 0 Å². The van der Waals surface area contributed by atoms with Gasteiger partial charge >= 0.3 is 5.97 Å². The molecule has 2 atom stereocenters. The molecular formula is C15H22N2O2. The lowest BCUT2D eigenvalue weighted by Gasteiger charge is -2.37. The van der Waals surface area contributed by atoms with Crippen LogP contribution >= 0.6 is 0 Å². The smallest absolute Gasteiger partial charge is 0.337 e. The Morgan fingerprint density at radius 1 is 1.37 bits per heavy atom. The van der Waals surface area contributed by atoms with Crippen molar-refractivity contribution in [2.75, 3.05) is 30.8 Å². The van der Waals surface area contributed by atoms with Gasteiger partial charge in [-0.3, -0.25) is 0 Å². The largest absolute Gasteiger partial charge is 0.465 e. The van der Waals surface area contributed by atoms with Gasteiger partial charge in [0.1, 0.15) is 0 Å². The minimum atomic E-state index is -0.348. The topological polar surface area (TPSA) is 55.6 Å². The number of carbonyl (C=O) groups is 1. The van der Waals surface area contributed by atoms with E-state index in [1.165, 1.54) is 13.5 Å². The Morgan fingerprint density at radius 2 is 2.11 bits per heavy atom. The van der Waals surface area contributed by atoms with Crippen LogP contribution in [-0.4, -0.2) is 26.2 Å². The molecule has 19 heavy (non-hydrogen) atoms. The standard InChI is InChI=1S/C15H22N2O2/c1-10-6-7-17(9-11(10)2)14-5-4-12(8-13(14)16)15(18)19-3/h4-5,8,10-11H,6-7,9,16H2,1-3H3. The molecule has 2 N–H and O–H groups in total. The number of esters is 1. The van der Waals surface area contributed by atoms with Crippen molar-refractivity contribution in [3.8, 4) is 0 Å². The Morgan fingerprint density at radius 3 is 2.68 bits per heavy atom. The van der Waals surface area contributed by atoms with Gasteiger partial charge in [0.05, 0.1) is 24.0 Å². The zero-order chi connectivity index (χ0) is 14.0. The highest BCUT2D eigenvalue weighted by molar-refractivity contribution is 5.92. The highest BCUT2D eigenvalue weighted by atomic mass is 16.5. The van der Waals surface area contributed by atoms with Crippen molar-refractivity contribution in [2.45, 2.75) is 20.3 Å². The molecule has 0 radical (unpaired) electrons. The average Bonchev–Trinajstić information content (AvgIpc) is 2.41. The lowest BCUT2D eigenvalue weighted by Crippen LogP contribution is -2.38. The van der Waals surface area contributed by atoms with Gasteiger partial charge in [0.25, 0.3) is 0 Å². The predicted molar refractivity (Wildman–Crippen MR) is 77.4 cm³/mol. The Labute approximate surface area is 114 Å². The van der Waals surface area contributed by atoms with Crippen LogP contribution in [0, 0.1) is 11.8 Å². The number of hydrogen-bond donors (Lipinski definition) is 1. The fourth-order valence-corrected chi connectivity index (χ4v) is 2.57. The molecule has 1 aromatic carbocycles. The molecule has 1 heterocycles. The molecule has 0 aromatic heterocycles. The van der Waals surface area contributed by atoms with E-state index in [1.54, 1.807) is 12.1 Å². The number of rotatable bonds is 2. The third-order valence-corrected chi connectivity index (χ3v) is 4.12. The molecular weight excluding hydrogens is 240 g/mol. The summed E-state index contributed by atoms with van der Waals surface area (Å²) in [6.07, 6.45) is 1.18. The van der Waals surface area contributed by atoms with Gasteiger partial charge in [-0.05, 0) is 36.5 Å². The minimum Gasteiger partial charge on any atom is -0.465 e. The molecule has 0 bridgehead atoms. The van der Waals surface area contributed by atoms with Crippen LogP contribution in [0.2, 0.25) is 0 Å². The molecule has 1 aliphatic rings. The molecule has 4 nitrogen and oxygen atoms in total. The maximum atomic E-state index is 11.5. The molecule has 1 saturated heterocycles. The summed E-state index contributed by atoms with van der Waals surface area (Å²) >= 11 is 0. The second-order valence-corrected chi connectivity index (χ2v) is 5.45. The van der Waals surface area contributed by atoms with Crippen molar-refractivity contribution in [1.82, 2.24) is 0 Å². The van der Waals surface area contributed by atoms with Crippen LogP contribution in [0.4, 0.5) is 11.4 Å². The maximum absolute atomic E-state index is 11.5. The van der Waals surface area contributed by atoms with Crippen molar-refractivity contribution in [1.29, 1.82) is 0 Å². The van der Waals surface area contributed by atoms with Gasteiger partial charge in [-0.2, -0.15) is 0 Å². The number of hydrogen-bond acceptors (Lipinski definition) is 4. The third kappa shape index (κ3) is 2.83. The fourth-order valence-electron chi connectivity index (χ4n) is 2.57. The lowest BCUT2D eigenvalue weighted by atomic mass is 9.88. The molecule has 4 heteroatoms. The van der Waals surface area contributed by atoms with Crippen molar-refractivity contribution in [2.24, 2.45) is 11.8 Å². The predicted octanol–water partition coefficient (Wildman–Crippen LogP) is 2.54. The molecule has 0 spiro atoms. The first kappa shape index (κ1) is 13.7. The monoisotopic (exact) mass is 262 g/mol. The first-order valence-corrected chi connectivity index (χ1v) is 6.75. The molecule has 0 aliphatic carbocycles. The first-order valence-electron chi connectivity index (χ1n) is 6.75. The summed E-state index contributed by atoms with van der Waals surface area (Å²) in [7, 11) is 1.38. The van der Waals surface area contributed by atoms with Crippen LogP contribution < -0.4 is 10.6 Å². The number of ether oxygens (including phenoxy) is 1. The van der Waals surface area contributed by atoms with Crippen molar-refractivity contribution < 1.29 is 9.53 Å². The van der Waals surface area contributed by atoms with Gasteiger partial charge in [0.2, 0.25) is 0 Å². The van der Waals surface area contributed by atoms with Crippen LogP contribution in [0.3, 0.4) is 0 Å². The van der Waals surface area contributed by atoms with Crippen LogP contribution in [0.15, 0.2) is 18.2 Å². The summed E-state index contributed by atoms with van der Waals surface area (Å²) in [5, 5.41) is 0. The average molecular weight is 262 g/mol. The Balaban J connectivity index is 2.19. The van der Waals surface area contributed by atoms with E-state index in [-0.39, 0.29) is 5.97 Å². The van der Waals surface area contributed by atoms with E-state index in [1.807, 2.05) is 6.07 Å². The van der Waals surface area contributed by atoms with E-state index in [0.717, 1.165) is 24.7 Å². The third-order valence-electron chi connectivity index (χ3n) is 4.12. The number of anilines is 2. The van der Waals surface area contributed by atoms with Gasteiger partial charge in [-0.1, -0.05) is 13.8 Å². The van der Waals surface area contributed by atoms with Gasteiger partial charge < -0.3 is 15.4 Å². The van der Waals surface area contributed by atoms with Crippen LogP contribution in [0.1, 0.15) is 30.6 Å². The number of piperidine rings is 1. The highest BCUT2D eigenvalue weighted by Gasteiger charge is 2.24. The molecule has 2 rings (SSSR count). The van der Waals surface area contributed by atoms with Gasteiger partial charge in [-0.25, -0.2) is 4.79 Å². The summed E-state index contributed by atoms with van der Waals surface area (Å²) in [5.74, 6) is 1.07. The Bertz CT molecular complexity index is 473. The van der Waals surface area contributed by atoms with E-state index in [2.05, 4.69) is 18.7 Å². The van der Waals surface area contributed by atoms with E-state index < -0.39 is 0 Å². The number of nitrogen functional groups attached to an aromatic ring is 1. The van der Waals surface area contributed by atoms with Gasteiger partial charge in [0.15, 0.2) is 0 Å². The molecule has 0 saturated carbocycles. The number of benzene rings is 1.